The minimum Gasteiger partial charge on any atom is -0.479 e. The molecule has 1 rings (SSSR count). The third-order valence-corrected chi connectivity index (χ3v) is 2.32. The fourth-order valence-corrected chi connectivity index (χ4v) is 1.39. The van der Waals surface area contributed by atoms with E-state index in [1.807, 2.05) is 11.4 Å². The van der Waals surface area contributed by atoms with Crippen molar-refractivity contribution in [3.05, 3.63) is 28.8 Å². The Morgan fingerprint density at radius 2 is 2.22 bits per heavy atom. The maximum atomic E-state index is 11.4. The van der Waals surface area contributed by atoms with Gasteiger partial charge in [0.2, 0.25) is 0 Å². The maximum Gasteiger partial charge on any atom is 0.318 e. The van der Waals surface area contributed by atoms with Crippen LogP contribution >= 0.6 is 11.6 Å². The highest BCUT2D eigenvalue weighted by atomic mass is 35.5. The highest BCUT2D eigenvalue weighted by Gasteiger charge is 2.18. The Morgan fingerprint density at radius 1 is 1.56 bits per heavy atom. The van der Waals surface area contributed by atoms with Crippen LogP contribution in [0.1, 0.15) is 12.5 Å². The smallest absolute Gasteiger partial charge is 0.318 e. The van der Waals surface area contributed by atoms with Gasteiger partial charge in [0.25, 0.3) is 5.91 Å². The molecule has 0 spiro atoms. The fraction of sp³-hybridized carbons (Fsp3) is 0.182. The van der Waals surface area contributed by atoms with Crippen LogP contribution in [-0.4, -0.2) is 18.0 Å². The lowest BCUT2D eigenvalue weighted by Crippen LogP contribution is -2.42. The minimum absolute atomic E-state index is 0.123. The normalized spacial score (nSPS) is 11.2. The molecule has 0 saturated heterocycles. The zero-order chi connectivity index (χ0) is 13.7. The molecule has 1 aromatic carbocycles. The van der Waals surface area contributed by atoms with E-state index in [2.05, 4.69) is 0 Å². The second kappa shape index (κ2) is 5.89. The van der Waals surface area contributed by atoms with Crippen molar-refractivity contribution < 1.29 is 14.3 Å². The Morgan fingerprint density at radius 3 is 2.78 bits per heavy atom. The number of imide groups is 1. The van der Waals surface area contributed by atoms with Gasteiger partial charge in [-0.05, 0) is 19.1 Å². The van der Waals surface area contributed by atoms with Gasteiger partial charge in [-0.2, -0.15) is 5.26 Å². The average molecular weight is 268 g/mol. The monoisotopic (exact) mass is 267 g/mol. The van der Waals surface area contributed by atoms with Gasteiger partial charge >= 0.3 is 6.03 Å². The predicted octanol–water partition coefficient (Wildman–Crippen LogP) is 1.17. The van der Waals surface area contributed by atoms with E-state index in [4.69, 9.17) is 27.3 Å². The third kappa shape index (κ3) is 3.37. The fourth-order valence-electron chi connectivity index (χ4n) is 1.18. The summed E-state index contributed by atoms with van der Waals surface area (Å²) in [5.41, 5.74) is 4.93. The highest BCUT2D eigenvalue weighted by Crippen LogP contribution is 2.26. The molecule has 1 unspecified atom stereocenters. The Balaban J connectivity index is 2.86. The van der Waals surface area contributed by atoms with Gasteiger partial charge in [-0.3, -0.25) is 10.1 Å². The van der Waals surface area contributed by atoms with Crippen LogP contribution in [0.15, 0.2) is 18.2 Å². The van der Waals surface area contributed by atoms with Crippen molar-refractivity contribution in [2.45, 2.75) is 13.0 Å². The van der Waals surface area contributed by atoms with Gasteiger partial charge in [0.1, 0.15) is 17.4 Å². The number of hydrogen-bond donors (Lipinski definition) is 2. The Labute approximate surface area is 108 Å². The number of carbonyl (C=O) groups is 2. The van der Waals surface area contributed by atoms with E-state index in [0.29, 0.717) is 0 Å². The molecule has 0 bridgehead atoms. The van der Waals surface area contributed by atoms with Crippen LogP contribution in [0.25, 0.3) is 0 Å². The maximum absolute atomic E-state index is 11.4. The van der Waals surface area contributed by atoms with Crippen molar-refractivity contribution in [1.29, 1.82) is 5.26 Å². The molecule has 18 heavy (non-hydrogen) atoms. The molecule has 0 aliphatic heterocycles. The molecular weight excluding hydrogens is 258 g/mol. The number of nitrogens with zero attached hydrogens (tertiary/aromatic N) is 1. The summed E-state index contributed by atoms with van der Waals surface area (Å²) in [4.78, 5) is 21.9. The summed E-state index contributed by atoms with van der Waals surface area (Å²) in [5, 5.41) is 11.0. The van der Waals surface area contributed by atoms with Crippen molar-refractivity contribution in [1.82, 2.24) is 5.32 Å². The topological polar surface area (TPSA) is 105 Å². The van der Waals surface area contributed by atoms with Crippen LogP contribution in [0.2, 0.25) is 5.02 Å². The number of benzene rings is 1. The van der Waals surface area contributed by atoms with Gasteiger partial charge in [-0.1, -0.05) is 17.7 Å². The van der Waals surface area contributed by atoms with Crippen LogP contribution in [0, 0.1) is 11.3 Å². The summed E-state index contributed by atoms with van der Waals surface area (Å²) in [7, 11) is 0. The molecule has 0 saturated carbocycles. The Kier molecular flexibility index (Phi) is 4.52. The number of halogens is 1. The first-order chi connectivity index (χ1) is 8.45. The second-order valence-corrected chi connectivity index (χ2v) is 3.75. The van der Waals surface area contributed by atoms with E-state index >= 15 is 0 Å². The summed E-state index contributed by atoms with van der Waals surface area (Å²) >= 11 is 5.80. The molecule has 1 atom stereocenters. The van der Waals surface area contributed by atoms with Crippen LogP contribution in [-0.2, 0) is 4.79 Å². The lowest BCUT2D eigenvalue weighted by Gasteiger charge is -2.14. The van der Waals surface area contributed by atoms with E-state index in [1.54, 1.807) is 6.07 Å². The summed E-state index contributed by atoms with van der Waals surface area (Å²) < 4.78 is 5.25. The minimum atomic E-state index is -0.983. The van der Waals surface area contributed by atoms with E-state index in [-0.39, 0.29) is 16.3 Å². The van der Waals surface area contributed by atoms with Crippen LogP contribution in [0.3, 0.4) is 0 Å². The van der Waals surface area contributed by atoms with Crippen molar-refractivity contribution in [2.24, 2.45) is 5.73 Å². The van der Waals surface area contributed by atoms with Crippen LogP contribution in [0.5, 0.6) is 5.75 Å². The van der Waals surface area contributed by atoms with E-state index in [9.17, 15) is 9.59 Å². The SMILES string of the molecule is CC(Oc1cccc(Cl)c1C#N)C(=O)NC(N)=O. The third-order valence-electron chi connectivity index (χ3n) is 2.01. The number of carbonyl (C=O) groups excluding carboxylic acids is 2. The van der Waals surface area contributed by atoms with Gasteiger partial charge < -0.3 is 10.5 Å². The van der Waals surface area contributed by atoms with Crippen molar-refractivity contribution >= 4 is 23.5 Å². The molecule has 7 heteroatoms. The van der Waals surface area contributed by atoms with Gasteiger partial charge in [0.05, 0.1) is 5.02 Å². The van der Waals surface area contributed by atoms with Crippen molar-refractivity contribution in [2.75, 3.05) is 0 Å². The molecule has 0 aromatic heterocycles. The first-order valence-electron chi connectivity index (χ1n) is 4.91. The van der Waals surface area contributed by atoms with Gasteiger partial charge in [0.15, 0.2) is 6.10 Å². The molecule has 0 radical (unpaired) electrons. The lowest BCUT2D eigenvalue weighted by molar-refractivity contribution is -0.126. The molecule has 3 amide bonds. The first-order valence-corrected chi connectivity index (χ1v) is 5.29. The van der Waals surface area contributed by atoms with Gasteiger partial charge in [0, 0.05) is 0 Å². The first kappa shape index (κ1) is 13.8. The summed E-state index contributed by atoms with van der Waals surface area (Å²) in [6.07, 6.45) is -0.983. The molecule has 0 fully saturated rings. The molecule has 0 aliphatic rings. The van der Waals surface area contributed by atoms with E-state index < -0.39 is 18.0 Å². The molecular formula is C11H10ClN3O3. The standard InChI is InChI=1S/C11H10ClN3O3/c1-6(10(16)15-11(14)17)18-9-4-2-3-8(12)7(9)5-13/h2-4,6H,1H3,(H3,14,15,16,17). The molecule has 94 valence electrons. The second-order valence-electron chi connectivity index (χ2n) is 3.34. The number of amides is 3. The van der Waals surface area contributed by atoms with E-state index in [1.165, 1.54) is 19.1 Å². The highest BCUT2D eigenvalue weighted by molar-refractivity contribution is 6.31. The number of nitrogens with one attached hydrogen (secondary N) is 1. The van der Waals surface area contributed by atoms with Crippen molar-refractivity contribution in [3.8, 4) is 11.8 Å². The largest absolute Gasteiger partial charge is 0.479 e. The summed E-state index contributed by atoms with van der Waals surface area (Å²) in [5.74, 6) is -0.538. The zero-order valence-corrected chi connectivity index (χ0v) is 10.2. The number of nitrogens with two attached hydrogens (primary N) is 1. The van der Waals surface area contributed by atoms with Crippen molar-refractivity contribution in [3.63, 3.8) is 0 Å². The van der Waals surface area contributed by atoms with Crippen LogP contribution < -0.4 is 15.8 Å². The number of nitriles is 1. The van der Waals surface area contributed by atoms with Crippen LogP contribution in [0.4, 0.5) is 4.79 Å². The molecule has 0 heterocycles. The van der Waals surface area contributed by atoms with Gasteiger partial charge in [-0.25, -0.2) is 4.79 Å². The van der Waals surface area contributed by atoms with Gasteiger partial charge in [-0.15, -0.1) is 0 Å². The van der Waals surface area contributed by atoms with E-state index in [0.717, 1.165) is 0 Å². The predicted molar refractivity (Wildman–Crippen MR) is 64.0 cm³/mol. The number of ether oxygens (including phenoxy) is 1. The lowest BCUT2D eigenvalue weighted by atomic mass is 10.2. The number of hydrogen-bond acceptors (Lipinski definition) is 4. The number of primary amides is 1. The molecule has 0 aliphatic carbocycles. The average Bonchev–Trinajstić information content (AvgIpc) is 2.28. The molecule has 3 N–H and O–H groups in total. The zero-order valence-electron chi connectivity index (χ0n) is 9.44. The number of rotatable bonds is 3. The Bertz CT molecular complexity index is 525. The quantitative estimate of drug-likeness (QED) is 0.857. The Hall–Kier alpha value is -2.26. The molecule has 6 nitrogen and oxygen atoms in total. The number of urea groups is 1. The summed E-state index contributed by atoms with van der Waals surface area (Å²) in [6, 6.07) is 5.51. The summed E-state index contributed by atoms with van der Waals surface area (Å²) in [6.45, 7) is 1.42. The molecule has 1 aromatic rings.